The molecule has 0 saturated carbocycles. The van der Waals surface area contributed by atoms with Crippen LogP contribution >= 0.6 is 23.1 Å². The average molecular weight is 361 g/mol. The third-order valence-electron chi connectivity index (χ3n) is 3.98. The Labute approximate surface area is 149 Å². The highest BCUT2D eigenvalue weighted by Gasteiger charge is 2.25. The molecule has 6 heteroatoms. The molecule has 0 saturated heterocycles. The molecule has 0 bridgehead atoms. The quantitative estimate of drug-likeness (QED) is 0.582. The van der Waals surface area contributed by atoms with Gasteiger partial charge in [-0.1, -0.05) is 18.2 Å². The molecule has 4 nitrogen and oxygen atoms in total. The van der Waals surface area contributed by atoms with E-state index in [-0.39, 0.29) is 5.91 Å². The number of carbonyl (C=O) groups is 2. The highest BCUT2D eigenvalue weighted by molar-refractivity contribution is 7.99. The van der Waals surface area contributed by atoms with Gasteiger partial charge in [0, 0.05) is 16.2 Å². The Balaban J connectivity index is 1.51. The third kappa shape index (κ3) is 3.99. The zero-order valence-electron chi connectivity index (χ0n) is 13.3. The first-order valence-electron chi connectivity index (χ1n) is 8.07. The highest BCUT2D eigenvalue weighted by Crippen LogP contribution is 2.38. The van der Waals surface area contributed by atoms with E-state index >= 15 is 0 Å². The monoisotopic (exact) mass is 360 g/mol. The number of primary amides is 1. The van der Waals surface area contributed by atoms with E-state index < -0.39 is 5.91 Å². The van der Waals surface area contributed by atoms with E-state index in [1.165, 1.54) is 21.1 Å². The second-order valence-corrected chi connectivity index (χ2v) is 8.01. The van der Waals surface area contributed by atoms with Gasteiger partial charge in [0.15, 0.2) is 0 Å². The van der Waals surface area contributed by atoms with Gasteiger partial charge in [-0.05, 0) is 49.1 Å². The van der Waals surface area contributed by atoms with Crippen molar-refractivity contribution in [1.29, 1.82) is 0 Å². The van der Waals surface area contributed by atoms with Crippen LogP contribution in [0.1, 0.15) is 40.1 Å². The number of anilines is 1. The predicted octanol–water partition coefficient (Wildman–Crippen LogP) is 3.85. The predicted molar refractivity (Wildman–Crippen MR) is 99.9 cm³/mol. The number of rotatable bonds is 7. The summed E-state index contributed by atoms with van der Waals surface area (Å²) in [7, 11) is 0. The molecule has 3 rings (SSSR count). The number of aryl methyl sites for hydroxylation is 1. The van der Waals surface area contributed by atoms with Crippen molar-refractivity contribution in [1.82, 2.24) is 0 Å². The number of hydrogen-bond acceptors (Lipinski definition) is 4. The summed E-state index contributed by atoms with van der Waals surface area (Å²) in [5.41, 5.74) is 7.08. The molecule has 0 radical (unpaired) electrons. The summed E-state index contributed by atoms with van der Waals surface area (Å²) in [4.78, 5) is 26.3. The summed E-state index contributed by atoms with van der Waals surface area (Å²) in [6, 6.07) is 10.1. The standard InChI is InChI=1S/C18H20N2O2S2/c19-17(22)16-13-8-4-9-14(13)24-18(16)20-15(21)10-5-11-23-12-6-2-1-3-7-12/h1-3,6-7H,4-5,8-11H2,(H2,19,22)(H,20,21). The van der Waals surface area contributed by atoms with Gasteiger partial charge >= 0.3 is 0 Å². The van der Waals surface area contributed by atoms with Crippen molar-refractivity contribution >= 4 is 39.9 Å². The largest absolute Gasteiger partial charge is 0.365 e. The minimum absolute atomic E-state index is 0.0499. The Morgan fingerprint density at radius 1 is 1.21 bits per heavy atom. The first kappa shape index (κ1) is 17.0. The molecule has 3 N–H and O–H groups in total. The van der Waals surface area contributed by atoms with Crippen molar-refractivity contribution in [2.45, 2.75) is 37.0 Å². The molecule has 1 aliphatic carbocycles. The van der Waals surface area contributed by atoms with Crippen LogP contribution in [0.4, 0.5) is 5.00 Å². The average Bonchev–Trinajstić information content (AvgIpc) is 3.12. The van der Waals surface area contributed by atoms with Crippen molar-refractivity contribution in [3.05, 3.63) is 46.3 Å². The zero-order valence-corrected chi connectivity index (χ0v) is 15.0. The summed E-state index contributed by atoms with van der Waals surface area (Å²) in [5, 5.41) is 3.52. The van der Waals surface area contributed by atoms with Gasteiger partial charge in [0.25, 0.3) is 5.91 Å². The topological polar surface area (TPSA) is 72.2 Å². The first-order chi connectivity index (χ1) is 11.6. The molecule has 0 aliphatic heterocycles. The Morgan fingerprint density at radius 2 is 2.00 bits per heavy atom. The lowest BCUT2D eigenvalue weighted by atomic mass is 10.1. The van der Waals surface area contributed by atoms with Gasteiger partial charge in [0.2, 0.25) is 5.91 Å². The fourth-order valence-corrected chi connectivity index (χ4v) is 5.07. The highest BCUT2D eigenvalue weighted by atomic mass is 32.2. The van der Waals surface area contributed by atoms with Gasteiger partial charge in [-0.2, -0.15) is 0 Å². The van der Waals surface area contributed by atoms with Crippen LogP contribution in [0.5, 0.6) is 0 Å². The molecular formula is C18H20N2O2S2. The molecule has 0 unspecified atom stereocenters. The van der Waals surface area contributed by atoms with E-state index in [1.54, 1.807) is 11.8 Å². The first-order valence-corrected chi connectivity index (χ1v) is 9.87. The molecule has 2 amide bonds. The summed E-state index contributed by atoms with van der Waals surface area (Å²) in [6.07, 6.45) is 4.16. The van der Waals surface area contributed by atoms with Crippen molar-refractivity contribution in [3.63, 3.8) is 0 Å². The van der Waals surface area contributed by atoms with Gasteiger partial charge in [-0.15, -0.1) is 23.1 Å². The molecule has 0 atom stereocenters. The van der Waals surface area contributed by atoms with E-state index in [9.17, 15) is 9.59 Å². The minimum Gasteiger partial charge on any atom is -0.365 e. The Bertz CT molecular complexity index is 741. The molecule has 24 heavy (non-hydrogen) atoms. The van der Waals surface area contributed by atoms with Crippen LogP contribution in [0.15, 0.2) is 35.2 Å². The maximum atomic E-state index is 12.2. The Morgan fingerprint density at radius 3 is 2.75 bits per heavy atom. The molecule has 1 aromatic carbocycles. The summed E-state index contributed by atoms with van der Waals surface area (Å²) in [6.45, 7) is 0. The Hall–Kier alpha value is -1.79. The number of carbonyl (C=O) groups excluding carboxylic acids is 2. The van der Waals surface area contributed by atoms with Gasteiger partial charge in [-0.3, -0.25) is 9.59 Å². The van der Waals surface area contributed by atoms with E-state index in [0.29, 0.717) is 17.0 Å². The van der Waals surface area contributed by atoms with Gasteiger partial charge < -0.3 is 11.1 Å². The van der Waals surface area contributed by atoms with Crippen LogP contribution in [-0.2, 0) is 17.6 Å². The minimum atomic E-state index is -0.440. The summed E-state index contributed by atoms with van der Waals surface area (Å²) >= 11 is 3.25. The molecular weight excluding hydrogens is 340 g/mol. The van der Waals surface area contributed by atoms with Crippen molar-refractivity contribution < 1.29 is 9.59 Å². The van der Waals surface area contributed by atoms with E-state index in [0.717, 1.165) is 37.0 Å². The number of hydrogen-bond donors (Lipinski definition) is 2. The van der Waals surface area contributed by atoms with Gasteiger partial charge in [0.1, 0.15) is 5.00 Å². The number of nitrogens with two attached hydrogens (primary N) is 1. The summed E-state index contributed by atoms with van der Waals surface area (Å²) < 4.78 is 0. The normalized spacial score (nSPS) is 12.8. The van der Waals surface area contributed by atoms with Crippen LogP contribution in [0.25, 0.3) is 0 Å². The molecule has 126 valence electrons. The van der Waals surface area contributed by atoms with E-state index in [2.05, 4.69) is 17.4 Å². The number of benzene rings is 1. The lowest BCUT2D eigenvalue weighted by molar-refractivity contribution is -0.116. The lowest BCUT2D eigenvalue weighted by Gasteiger charge is -2.06. The van der Waals surface area contributed by atoms with Crippen molar-refractivity contribution in [2.24, 2.45) is 5.73 Å². The number of fused-ring (bicyclic) bond motifs is 1. The second-order valence-electron chi connectivity index (χ2n) is 5.74. The zero-order chi connectivity index (χ0) is 16.9. The fraction of sp³-hybridized carbons (Fsp3) is 0.333. The number of nitrogens with one attached hydrogen (secondary N) is 1. The van der Waals surface area contributed by atoms with Gasteiger partial charge in [0.05, 0.1) is 5.56 Å². The molecule has 0 spiro atoms. The van der Waals surface area contributed by atoms with Crippen LogP contribution in [-0.4, -0.2) is 17.6 Å². The van der Waals surface area contributed by atoms with Crippen LogP contribution in [0, 0.1) is 0 Å². The summed E-state index contributed by atoms with van der Waals surface area (Å²) in [5.74, 6) is 0.400. The number of thioether (sulfide) groups is 1. The smallest absolute Gasteiger partial charge is 0.251 e. The molecule has 1 aromatic heterocycles. The Kier molecular flexibility index (Phi) is 5.58. The molecule has 1 heterocycles. The second kappa shape index (κ2) is 7.85. The molecule has 1 aliphatic rings. The third-order valence-corrected chi connectivity index (χ3v) is 6.29. The van der Waals surface area contributed by atoms with E-state index in [1.807, 2.05) is 18.2 Å². The number of amides is 2. The lowest BCUT2D eigenvalue weighted by Crippen LogP contribution is -2.17. The van der Waals surface area contributed by atoms with E-state index in [4.69, 9.17) is 5.73 Å². The van der Waals surface area contributed by atoms with Crippen molar-refractivity contribution in [3.8, 4) is 0 Å². The van der Waals surface area contributed by atoms with Crippen molar-refractivity contribution in [2.75, 3.05) is 11.1 Å². The van der Waals surface area contributed by atoms with Gasteiger partial charge in [-0.25, -0.2) is 0 Å². The van der Waals surface area contributed by atoms with Crippen LogP contribution < -0.4 is 11.1 Å². The maximum Gasteiger partial charge on any atom is 0.251 e. The SMILES string of the molecule is NC(=O)c1c(NC(=O)CCCSc2ccccc2)sc2c1CCC2. The van der Waals surface area contributed by atoms with Crippen LogP contribution in [0.2, 0.25) is 0 Å². The maximum absolute atomic E-state index is 12.2. The fourth-order valence-electron chi connectivity index (χ4n) is 2.88. The molecule has 2 aromatic rings. The van der Waals surface area contributed by atoms with Crippen LogP contribution in [0.3, 0.4) is 0 Å². The number of thiophene rings is 1. The molecule has 0 fully saturated rings.